The van der Waals surface area contributed by atoms with Gasteiger partial charge in [-0.2, -0.15) is 0 Å². The number of hydrogen-bond acceptors (Lipinski definition) is 4. The van der Waals surface area contributed by atoms with Crippen LogP contribution in [0.15, 0.2) is 54.6 Å². The molecule has 0 radical (unpaired) electrons. The van der Waals surface area contributed by atoms with Gasteiger partial charge in [0.25, 0.3) is 5.91 Å². The summed E-state index contributed by atoms with van der Waals surface area (Å²) in [5.41, 5.74) is 0.613. The van der Waals surface area contributed by atoms with E-state index in [0.29, 0.717) is 18.5 Å². The summed E-state index contributed by atoms with van der Waals surface area (Å²) in [4.78, 5) is 15.3. The van der Waals surface area contributed by atoms with Gasteiger partial charge in [-0.25, -0.2) is 0 Å². The summed E-state index contributed by atoms with van der Waals surface area (Å²) in [5, 5.41) is 15.4. The van der Waals surface area contributed by atoms with E-state index in [4.69, 9.17) is 4.74 Å². The fourth-order valence-corrected chi connectivity index (χ4v) is 5.98. The number of fused-ring (bicyclic) bond motifs is 1. The van der Waals surface area contributed by atoms with E-state index in [0.717, 1.165) is 49.6 Å². The van der Waals surface area contributed by atoms with Crippen LogP contribution in [0.5, 0.6) is 5.75 Å². The number of likely N-dealkylation sites (tertiary alicyclic amines) is 1. The predicted molar refractivity (Wildman–Crippen MR) is 125 cm³/mol. The molecule has 2 aromatic rings. The highest BCUT2D eigenvalue weighted by Crippen LogP contribution is 2.52. The van der Waals surface area contributed by atoms with Crippen LogP contribution in [0.2, 0.25) is 0 Å². The standard InChI is InChI=1S/C27H34N2O3/c1-32-24-9-5-8-22(16-24)26-14-15-29(18-20-10-11-20)19-27(26,31)13-12-23(17-26)28-25(30)21-6-3-2-4-7-21/h2-9,16,20,23,31H,10-15,17-19H2,1H3,(H,28,30)/t23-,26-,27-/m0/s1. The van der Waals surface area contributed by atoms with Gasteiger partial charge in [-0.1, -0.05) is 30.3 Å². The van der Waals surface area contributed by atoms with Crippen molar-refractivity contribution in [2.24, 2.45) is 5.92 Å². The Morgan fingerprint density at radius 3 is 2.69 bits per heavy atom. The molecule has 3 aliphatic rings. The topological polar surface area (TPSA) is 61.8 Å². The van der Waals surface area contributed by atoms with Crippen molar-refractivity contribution in [1.29, 1.82) is 0 Å². The second kappa shape index (κ2) is 8.53. The fraction of sp³-hybridized carbons (Fsp3) is 0.519. The van der Waals surface area contributed by atoms with Crippen molar-refractivity contribution >= 4 is 5.91 Å². The maximum absolute atomic E-state index is 12.9. The number of nitrogens with one attached hydrogen (secondary N) is 1. The SMILES string of the molecule is COc1cccc([C@@]23CCN(CC4CC4)C[C@@]2(O)CC[C@H](NC(=O)c2ccccc2)C3)c1. The molecule has 1 amide bonds. The summed E-state index contributed by atoms with van der Waals surface area (Å²) in [5.74, 6) is 1.59. The lowest BCUT2D eigenvalue weighted by Gasteiger charge is -2.58. The van der Waals surface area contributed by atoms with E-state index in [1.54, 1.807) is 7.11 Å². The number of ether oxygens (including phenoxy) is 1. The average molecular weight is 435 g/mol. The molecular formula is C27H34N2O3. The fourth-order valence-electron chi connectivity index (χ4n) is 5.98. The number of methoxy groups -OCH3 is 1. The first-order chi connectivity index (χ1) is 15.5. The zero-order valence-corrected chi connectivity index (χ0v) is 18.9. The second-order valence-corrected chi connectivity index (χ2v) is 10.1. The molecular weight excluding hydrogens is 400 g/mol. The molecule has 32 heavy (non-hydrogen) atoms. The Balaban J connectivity index is 1.43. The van der Waals surface area contributed by atoms with Crippen LogP contribution in [-0.4, -0.2) is 54.3 Å². The second-order valence-electron chi connectivity index (χ2n) is 10.1. The van der Waals surface area contributed by atoms with Crippen LogP contribution in [0.1, 0.15) is 54.4 Å². The van der Waals surface area contributed by atoms with Crippen molar-refractivity contribution in [3.8, 4) is 5.75 Å². The molecule has 170 valence electrons. The Morgan fingerprint density at radius 1 is 1.12 bits per heavy atom. The molecule has 2 aromatic carbocycles. The third kappa shape index (κ3) is 4.04. The van der Waals surface area contributed by atoms with E-state index in [1.807, 2.05) is 42.5 Å². The van der Waals surface area contributed by atoms with Gasteiger partial charge in [0.2, 0.25) is 0 Å². The summed E-state index contributed by atoms with van der Waals surface area (Å²) in [7, 11) is 1.69. The molecule has 0 spiro atoms. The van der Waals surface area contributed by atoms with Gasteiger partial charge in [0.05, 0.1) is 12.7 Å². The number of amides is 1. The van der Waals surface area contributed by atoms with Gasteiger partial charge in [-0.3, -0.25) is 4.79 Å². The van der Waals surface area contributed by atoms with Gasteiger partial charge in [0.1, 0.15) is 5.75 Å². The van der Waals surface area contributed by atoms with E-state index in [1.165, 1.54) is 12.8 Å². The molecule has 1 aliphatic heterocycles. The third-order valence-electron chi connectivity index (χ3n) is 7.94. The average Bonchev–Trinajstić information content (AvgIpc) is 3.64. The van der Waals surface area contributed by atoms with E-state index < -0.39 is 11.0 Å². The van der Waals surface area contributed by atoms with Gasteiger partial charge >= 0.3 is 0 Å². The highest BCUT2D eigenvalue weighted by Gasteiger charge is 2.57. The van der Waals surface area contributed by atoms with Crippen molar-refractivity contribution in [2.75, 3.05) is 26.7 Å². The van der Waals surface area contributed by atoms with Crippen LogP contribution in [0, 0.1) is 5.92 Å². The summed E-state index contributed by atoms with van der Waals surface area (Å²) in [6.07, 6.45) is 5.75. The van der Waals surface area contributed by atoms with Crippen LogP contribution in [0.3, 0.4) is 0 Å². The lowest BCUT2D eigenvalue weighted by Crippen LogP contribution is -2.67. The lowest BCUT2D eigenvalue weighted by atomic mass is 9.55. The zero-order valence-electron chi connectivity index (χ0n) is 18.9. The lowest BCUT2D eigenvalue weighted by molar-refractivity contribution is -0.126. The Hall–Kier alpha value is -2.37. The smallest absolute Gasteiger partial charge is 0.251 e. The summed E-state index contributed by atoms with van der Waals surface area (Å²) in [6, 6.07) is 17.6. The highest BCUT2D eigenvalue weighted by molar-refractivity contribution is 5.94. The van der Waals surface area contributed by atoms with Crippen molar-refractivity contribution in [3.05, 3.63) is 65.7 Å². The van der Waals surface area contributed by atoms with Gasteiger partial charge in [0, 0.05) is 30.1 Å². The molecule has 2 N–H and O–H groups in total. The number of nitrogens with zero attached hydrogens (tertiary/aromatic N) is 1. The first-order valence-electron chi connectivity index (χ1n) is 12.0. The number of piperidine rings is 1. The number of aliphatic hydroxyl groups is 1. The molecule has 0 aromatic heterocycles. The maximum atomic E-state index is 12.9. The van der Waals surface area contributed by atoms with Gasteiger partial charge in [0.15, 0.2) is 0 Å². The van der Waals surface area contributed by atoms with Crippen molar-refractivity contribution in [3.63, 3.8) is 0 Å². The number of carbonyl (C=O) groups excluding carboxylic acids is 1. The normalized spacial score (nSPS) is 30.4. The van der Waals surface area contributed by atoms with E-state index in [2.05, 4.69) is 22.3 Å². The Labute approximate surface area is 190 Å². The Kier molecular flexibility index (Phi) is 5.72. The minimum absolute atomic E-state index is 0.0316. The number of benzene rings is 2. The molecule has 3 atom stereocenters. The van der Waals surface area contributed by atoms with Crippen molar-refractivity contribution < 1.29 is 14.6 Å². The van der Waals surface area contributed by atoms with Crippen LogP contribution >= 0.6 is 0 Å². The highest BCUT2D eigenvalue weighted by atomic mass is 16.5. The molecule has 5 nitrogen and oxygen atoms in total. The Morgan fingerprint density at radius 2 is 1.94 bits per heavy atom. The van der Waals surface area contributed by atoms with Crippen LogP contribution < -0.4 is 10.1 Å². The zero-order chi connectivity index (χ0) is 22.2. The summed E-state index contributed by atoms with van der Waals surface area (Å²) < 4.78 is 5.52. The Bertz CT molecular complexity index is 960. The van der Waals surface area contributed by atoms with Gasteiger partial charge in [-0.15, -0.1) is 0 Å². The van der Waals surface area contributed by atoms with Crippen LogP contribution in [-0.2, 0) is 5.41 Å². The minimum atomic E-state index is -0.805. The molecule has 2 aliphatic carbocycles. The third-order valence-corrected chi connectivity index (χ3v) is 7.94. The van der Waals surface area contributed by atoms with Crippen LogP contribution in [0.25, 0.3) is 0 Å². The quantitative estimate of drug-likeness (QED) is 0.727. The largest absolute Gasteiger partial charge is 0.497 e. The number of rotatable bonds is 6. The predicted octanol–water partition coefficient (Wildman–Crippen LogP) is 3.76. The molecule has 5 heteroatoms. The van der Waals surface area contributed by atoms with E-state index >= 15 is 0 Å². The van der Waals surface area contributed by atoms with Crippen molar-refractivity contribution in [1.82, 2.24) is 10.2 Å². The molecule has 1 heterocycles. The minimum Gasteiger partial charge on any atom is -0.497 e. The molecule has 2 saturated carbocycles. The number of β-amino-alcohol motifs (C(OH)–C–C–N with tert-alkyl or cyclic N) is 1. The molecule has 0 bridgehead atoms. The summed E-state index contributed by atoms with van der Waals surface area (Å²) >= 11 is 0. The van der Waals surface area contributed by atoms with Gasteiger partial charge in [-0.05, 0) is 80.8 Å². The van der Waals surface area contributed by atoms with E-state index in [9.17, 15) is 9.90 Å². The molecule has 5 rings (SSSR count). The van der Waals surface area contributed by atoms with Crippen LogP contribution in [0.4, 0.5) is 0 Å². The monoisotopic (exact) mass is 434 g/mol. The molecule has 1 saturated heterocycles. The molecule has 3 fully saturated rings. The summed E-state index contributed by atoms with van der Waals surface area (Å²) in [6.45, 7) is 2.79. The number of carbonyl (C=O) groups is 1. The van der Waals surface area contributed by atoms with Gasteiger partial charge < -0.3 is 20.1 Å². The van der Waals surface area contributed by atoms with Crippen molar-refractivity contribution in [2.45, 2.75) is 55.6 Å². The maximum Gasteiger partial charge on any atom is 0.251 e. The number of hydrogen-bond donors (Lipinski definition) is 2. The first kappa shape index (κ1) is 21.5. The van der Waals surface area contributed by atoms with E-state index in [-0.39, 0.29) is 11.9 Å². The molecule has 0 unspecified atom stereocenters. The first-order valence-corrected chi connectivity index (χ1v) is 12.0.